The molecule has 1 fully saturated rings. The van der Waals surface area contributed by atoms with Gasteiger partial charge in [0.1, 0.15) is 5.52 Å². The normalized spacial score (nSPS) is 20.9. The van der Waals surface area contributed by atoms with Crippen LogP contribution in [0.2, 0.25) is 5.02 Å². The van der Waals surface area contributed by atoms with Crippen molar-refractivity contribution in [3.63, 3.8) is 0 Å². The van der Waals surface area contributed by atoms with Gasteiger partial charge in [0.15, 0.2) is 5.58 Å². The summed E-state index contributed by atoms with van der Waals surface area (Å²) in [4.78, 5) is 17.2. The molecule has 0 bridgehead atoms. The van der Waals surface area contributed by atoms with Crippen LogP contribution in [0.1, 0.15) is 46.4 Å². The maximum Gasteiger partial charge on any atom is 0.308 e. The van der Waals surface area contributed by atoms with Crippen LogP contribution in [-0.2, 0) is 14.9 Å². The Bertz CT molecular complexity index is 759. The van der Waals surface area contributed by atoms with Crippen molar-refractivity contribution in [1.82, 2.24) is 4.98 Å². The number of rotatable bonds is 4. The van der Waals surface area contributed by atoms with Gasteiger partial charge < -0.3 is 9.15 Å². The van der Waals surface area contributed by atoms with Crippen LogP contribution in [0, 0.1) is 5.92 Å². The maximum atomic E-state index is 11.7. The van der Waals surface area contributed by atoms with Crippen molar-refractivity contribution >= 4 is 40.4 Å². The van der Waals surface area contributed by atoms with Gasteiger partial charge >= 0.3 is 5.97 Å². The highest BCUT2D eigenvalue weighted by Crippen LogP contribution is 2.46. The molecule has 0 aliphatic heterocycles. The minimum Gasteiger partial charge on any atom is -0.466 e. The summed E-state index contributed by atoms with van der Waals surface area (Å²) in [7, 11) is 0. The van der Waals surface area contributed by atoms with Crippen molar-refractivity contribution in [2.45, 2.75) is 56.1 Å². The van der Waals surface area contributed by atoms with E-state index < -0.39 is 0 Å². The van der Waals surface area contributed by atoms with E-state index in [1.54, 1.807) is 11.8 Å². The van der Waals surface area contributed by atoms with Gasteiger partial charge in [0, 0.05) is 10.7 Å². The van der Waals surface area contributed by atoms with Gasteiger partial charge in [-0.1, -0.05) is 32.4 Å². The van der Waals surface area contributed by atoms with Crippen molar-refractivity contribution < 1.29 is 13.9 Å². The zero-order valence-electron chi connectivity index (χ0n) is 14.4. The molecule has 24 heavy (non-hydrogen) atoms. The monoisotopic (exact) mass is 367 g/mol. The van der Waals surface area contributed by atoms with Crippen molar-refractivity contribution in [1.29, 1.82) is 0 Å². The fourth-order valence-electron chi connectivity index (χ4n) is 2.66. The van der Waals surface area contributed by atoms with Crippen LogP contribution < -0.4 is 0 Å². The van der Waals surface area contributed by atoms with Gasteiger partial charge in [-0.05, 0) is 31.9 Å². The Morgan fingerprint density at radius 2 is 2.12 bits per heavy atom. The highest BCUT2D eigenvalue weighted by atomic mass is 35.5. The van der Waals surface area contributed by atoms with Crippen LogP contribution in [0.25, 0.3) is 11.1 Å². The largest absolute Gasteiger partial charge is 0.466 e. The first-order valence-corrected chi connectivity index (χ1v) is 9.48. The number of carbonyl (C=O) groups is 1. The molecule has 1 aliphatic carbocycles. The van der Waals surface area contributed by atoms with Gasteiger partial charge in [-0.3, -0.25) is 4.79 Å². The summed E-state index contributed by atoms with van der Waals surface area (Å²) >= 11 is 8.08. The van der Waals surface area contributed by atoms with Crippen LogP contribution >= 0.6 is 23.4 Å². The Kier molecular flexibility index (Phi) is 4.85. The second-order valence-electron chi connectivity index (χ2n) is 7.15. The highest BCUT2D eigenvalue weighted by Gasteiger charge is 2.37. The SMILES string of the molecule is CCOC(=O)[C@H]1C[C@H](Sc2c(Cl)ccc3nc(C(C)(C)C)oc23)C1. The van der Waals surface area contributed by atoms with Crippen molar-refractivity contribution in [3.05, 3.63) is 23.0 Å². The van der Waals surface area contributed by atoms with Crippen LogP contribution in [0.3, 0.4) is 0 Å². The molecule has 1 saturated carbocycles. The molecule has 6 heteroatoms. The topological polar surface area (TPSA) is 52.3 Å². The molecule has 1 aromatic carbocycles. The molecule has 1 aromatic heterocycles. The van der Waals surface area contributed by atoms with E-state index in [1.807, 2.05) is 19.1 Å². The number of esters is 1. The Hall–Kier alpha value is -1.20. The van der Waals surface area contributed by atoms with E-state index >= 15 is 0 Å². The van der Waals surface area contributed by atoms with E-state index in [4.69, 9.17) is 20.8 Å². The van der Waals surface area contributed by atoms with Crippen LogP contribution in [0.4, 0.5) is 0 Å². The quantitative estimate of drug-likeness (QED) is 0.694. The summed E-state index contributed by atoms with van der Waals surface area (Å²) < 4.78 is 11.1. The van der Waals surface area contributed by atoms with Gasteiger partial charge in [0.2, 0.25) is 5.89 Å². The molecular formula is C18H22ClNO3S. The second kappa shape index (κ2) is 6.60. The zero-order chi connectivity index (χ0) is 17.5. The Morgan fingerprint density at radius 3 is 2.75 bits per heavy atom. The lowest BCUT2D eigenvalue weighted by atomic mass is 9.85. The molecule has 1 aliphatic rings. The number of halogens is 1. The summed E-state index contributed by atoms with van der Waals surface area (Å²) in [5, 5.41) is 1.02. The van der Waals surface area contributed by atoms with E-state index in [1.165, 1.54) is 0 Å². The standard InChI is InChI=1S/C18H22ClNO3S/c1-5-22-16(21)10-8-11(9-10)24-15-12(19)6-7-13-14(15)23-17(20-13)18(2,3)4/h6-7,10-11H,5,8-9H2,1-4H3/t10-,11-. The predicted molar refractivity (Wildman–Crippen MR) is 96.7 cm³/mol. The minimum atomic E-state index is -0.154. The van der Waals surface area contributed by atoms with E-state index in [0.29, 0.717) is 22.8 Å². The predicted octanol–water partition coefficient (Wildman–Crippen LogP) is 5.21. The lowest BCUT2D eigenvalue weighted by Crippen LogP contribution is -2.33. The fraction of sp³-hybridized carbons (Fsp3) is 0.556. The molecule has 130 valence electrons. The van der Waals surface area contributed by atoms with Crippen molar-refractivity contribution in [2.75, 3.05) is 6.61 Å². The molecule has 0 amide bonds. The summed E-state index contributed by atoms with van der Waals surface area (Å²) in [6.45, 7) is 8.48. The lowest BCUT2D eigenvalue weighted by Gasteiger charge is -2.32. The zero-order valence-corrected chi connectivity index (χ0v) is 16.0. The van der Waals surface area contributed by atoms with E-state index in [9.17, 15) is 4.79 Å². The van der Waals surface area contributed by atoms with Gasteiger partial charge in [-0.2, -0.15) is 0 Å². The number of ether oxygens (including phenoxy) is 1. The number of aromatic nitrogens is 1. The average molecular weight is 368 g/mol. The van der Waals surface area contributed by atoms with Crippen LogP contribution in [-0.4, -0.2) is 22.8 Å². The first kappa shape index (κ1) is 17.6. The number of carbonyl (C=O) groups excluding carboxylic acids is 1. The van der Waals surface area contributed by atoms with E-state index in [-0.39, 0.29) is 17.3 Å². The summed E-state index contributed by atoms with van der Waals surface area (Å²) in [6.07, 6.45) is 1.63. The van der Waals surface area contributed by atoms with E-state index in [2.05, 4.69) is 25.8 Å². The van der Waals surface area contributed by atoms with Gasteiger partial charge in [-0.15, -0.1) is 11.8 Å². The number of thioether (sulfide) groups is 1. The third-order valence-electron chi connectivity index (χ3n) is 4.10. The molecule has 2 aromatic rings. The van der Waals surface area contributed by atoms with Crippen molar-refractivity contribution in [2.24, 2.45) is 5.92 Å². The molecule has 1 heterocycles. The van der Waals surface area contributed by atoms with Gasteiger partial charge in [0.05, 0.1) is 22.4 Å². The molecule has 0 N–H and O–H groups in total. The molecule has 0 radical (unpaired) electrons. The maximum absolute atomic E-state index is 11.7. The summed E-state index contributed by atoms with van der Waals surface area (Å²) in [5.41, 5.74) is 1.42. The number of hydrogen-bond acceptors (Lipinski definition) is 5. The van der Waals surface area contributed by atoms with Crippen LogP contribution in [0.15, 0.2) is 21.4 Å². The number of oxazole rings is 1. The molecule has 0 atom stereocenters. The minimum absolute atomic E-state index is 0.0142. The smallest absolute Gasteiger partial charge is 0.308 e. The van der Waals surface area contributed by atoms with E-state index in [0.717, 1.165) is 28.8 Å². The molecule has 0 saturated heterocycles. The third-order valence-corrected chi connectivity index (χ3v) is 5.89. The number of fused-ring (bicyclic) bond motifs is 1. The van der Waals surface area contributed by atoms with Crippen LogP contribution in [0.5, 0.6) is 0 Å². The highest BCUT2D eigenvalue weighted by molar-refractivity contribution is 8.00. The Morgan fingerprint density at radius 1 is 1.42 bits per heavy atom. The number of nitrogens with zero attached hydrogens (tertiary/aromatic N) is 1. The third kappa shape index (κ3) is 3.42. The molecule has 0 unspecified atom stereocenters. The Labute approximate surface area is 151 Å². The fourth-order valence-corrected chi connectivity index (χ4v) is 4.36. The van der Waals surface area contributed by atoms with Gasteiger partial charge in [0.25, 0.3) is 0 Å². The molecule has 3 rings (SSSR count). The molecule has 4 nitrogen and oxygen atoms in total. The number of benzene rings is 1. The molecule has 0 spiro atoms. The summed E-state index contributed by atoms with van der Waals surface area (Å²) in [5.74, 6) is 0.633. The van der Waals surface area contributed by atoms with Gasteiger partial charge in [-0.25, -0.2) is 4.98 Å². The second-order valence-corrected chi connectivity index (χ2v) is 8.87. The molecular weight excluding hydrogens is 346 g/mol. The Balaban J connectivity index is 1.79. The average Bonchev–Trinajstić information content (AvgIpc) is 2.88. The first-order chi connectivity index (χ1) is 11.3. The first-order valence-electron chi connectivity index (χ1n) is 8.22. The number of hydrogen-bond donors (Lipinski definition) is 0. The van der Waals surface area contributed by atoms with Crippen molar-refractivity contribution in [3.8, 4) is 0 Å². The summed E-state index contributed by atoms with van der Waals surface area (Å²) in [6, 6.07) is 3.76. The lowest BCUT2D eigenvalue weighted by molar-refractivity contribution is -0.150.